The molecule has 4 heteroatoms. The van der Waals surface area contributed by atoms with Crippen LogP contribution in [0.25, 0.3) is 0 Å². The van der Waals surface area contributed by atoms with Crippen molar-refractivity contribution in [3.05, 3.63) is 12.7 Å². The van der Waals surface area contributed by atoms with Crippen LogP contribution in [0, 0.1) is 0 Å². The van der Waals surface area contributed by atoms with E-state index in [2.05, 4.69) is 35.0 Å². The Balaban J connectivity index is 3.11. The van der Waals surface area contributed by atoms with Crippen LogP contribution in [0.5, 0.6) is 0 Å². The maximum atomic E-state index is 10.8. The molecule has 19 heavy (non-hydrogen) atoms. The molecule has 0 aromatic heterocycles. The van der Waals surface area contributed by atoms with Gasteiger partial charge in [0.15, 0.2) is 0 Å². The van der Waals surface area contributed by atoms with E-state index in [9.17, 15) is 4.79 Å². The lowest BCUT2D eigenvalue weighted by molar-refractivity contribution is -0.137. The molecule has 0 rings (SSSR count). The van der Waals surface area contributed by atoms with Crippen molar-refractivity contribution >= 4 is 28.0 Å². The summed E-state index contributed by atoms with van der Waals surface area (Å²) in [6, 6.07) is 1.39. The molecule has 0 aromatic rings. The van der Waals surface area contributed by atoms with Crippen LogP contribution >= 0.6 is 15.3 Å². The van der Waals surface area contributed by atoms with Gasteiger partial charge in [0, 0.05) is 6.08 Å². The van der Waals surface area contributed by atoms with Gasteiger partial charge >= 0.3 is 5.97 Å². The van der Waals surface area contributed by atoms with Gasteiger partial charge in [0.1, 0.15) is 6.69 Å². The molecule has 0 aliphatic carbocycles. The van der Waals surface area contributed by atoms with Gasteiger partial charge in [-0.1, -0.05) is 64.6 Å². The molecule has 0 aliphatic heterocycles. The van der Waals surface area contributed by atoms with Gasteiger partial charge in [-0.3, -0.25) is 0 Å². The Morgan fingerprint density at radius 3 is 2.00 bits per heavy atom. The summed E-state index contributed by atoms with van der Waals surface area (Å²) in [5.41, 5.74) is 0. The highest BCUT2D eigenvalue weighted by Gasteiger charge is 2.14. The van der Waals surface area contributed by atoms with Gasteiger partial charge in [-0.05, 0) is 12.5 Å². The Bertz CT molecular complexity index is 249. The summed E-state index contributed by atoms with van der Waals surface area (Å²) in [6.07, 6.45) is 11.4. The summed E-state index contributed by atoms with van der Waals surface area (Å²) in [5.74, 6) is -0.307. The van der Waals surface area contributed by atoms with Crippen LogP contribution in [0.3, 0.4) is 0 Å². The minimum Gasteiger partial charge on any atom is -0.463 e. The molecule has 0 saturated carbocycles. The lowest BCUT2D eigenvalue weighted by Crippen LogP contribution is -2.13. The van der Waals surface area contributed by atoms with Gasteiger partial charge in [0.2, 0.25) is 0 Å². The van der Waals surface area contributed by atoms with Crippen LogP contribution in [-0.2, 0) is 9.53 Å². The van der Waals surface area contributed by atoms with Crippen molar-refractivity contribution in [1.29, 1.82) is 0 Å². The fourth-order valence-corrected chi connectivity index (χ4v) is 3.87. The molecule has 0 spiro atoms. The smallest absolute Gasteiger partial charge is 0.330 e. The Kier molecular flexibility index (Phi) is 11.7. The fourth-order valence-electron chi connectivity index (χ4n) is 1.94. The molecule has 0 fully saturated rings. The van der Waals surface area contributed by atoms with Crippen molar-refractivity contribution in [2.24, 2.45) is 0 Å². The van der Waals surface area contributed by atoms with E-state index in [0.29, 0.717) is 6.61 Å². The average molecular weight is 349 g/mol. The second-order valence-electron chi connectivity index (χ2n) is 5.67. The Morgan fingerprint density at radius 1 is 1.05 bits per heavy atom. The molecule has 0 aromatic carbocycles. The van der Waals surface area contributed by atoms with Crippen molar-refractivity contribution in [1.82, 2.24) is 0 Å². The second-order valence-corrected chi connectivity index (χ2v) is 16.0. The van der Waals surface area contributed by atoms with Crippen molar-refractivity contribution < 1.29 is 9.53 Å². The van der Waals surface area contributed by atoms with E-state index >= 15 is 0 Å². The van der Waals surface area contributed by atoms with Crippen LogP contribution in [0.2, 0.25) is 19.1 Å². The summed E-state index contributed by atoms with van der Waals surface area (Å²) < 4.78 is 4.93. The number of ether oxygens (including phenoxy) is 1. The molecule has 2 nitrogen and oxygen atoms in total. The summed E-state index contributed by atoms with van der Waals surface area (Å²) in [4.78, 5) is 10.8. The van der Waals surface area contributed by atoms with Crippen molar-refractivity contribution in [2.45, 2.75) is 70.5 Å². The van der Waals surface area contributed by atoms with E-state index < -0.39 is 6.69 Å². The van der Waals surface area contributed by atoms with Crippen molar-refractivity contribution in [3.63, 3.8) is 0 Å². The summed E-state index contributed by atoms with van der Waals surface area (Å²) >= 11 is 3.81. The van der Waals surface area contributed by atoms with E-state index in [4.69, 9.17) is 4.74 Å². The molecule has 0 aliphatic rings. The Morgan fingerprint density at radius 2 is 1.53 bits per heavy atom. The van der Waals surface area contributed by atoms with Gasteiger partial charge < -0.3 is 4.74 Å². The fraction of sp³-hybridized carbons (Fsp3) is 0.800. The van der Waals surface area contributed by atoms with Crippen LogP contribution < -0.4 is 0 Å². The first kappa shape index (κ1) is 18.9. The Hall–Kier alpha value is -0.0931. The number of esters is 1. The highest BCUT2D eigenvalue weighted by molar-refractivity contribution is 9.26. The third-order valence-corrected chi connectivity index (χ3v) is 5.81. The van der Waals surface area contributed by atoms with Crippen LogP contribution in [0.15, 0.2) is 12.7 Å². The summed E-state index contributed by atoms with van der Waals surface area (Å²) in [7, 11) is 0. The monoisotopic (exact) mass is 348 g/mol. The maximum Gasteiger partial charge on any atom is 0.330 e. The van der Waals surface area contributed by atoms with Crippen molar-refractivity contribution in [2.75, 3.05) is 6.61 Å². The van der Waals surface area contributed by atoms with Gasteiger partial charge in [-0.25, -0.2) is 4.79 Å². The lowest BCUT2D eigenvalue weighted by Gasteiger charge is -2.12. The molecule has 0 saturated heterocycles. The zero-order valence-corrected chi connectivity index (χ0v) is 15.1. The van der Waals surface area contributed by atoms with Crippen LogP contribution in [0.1, 0.15) is 51.4 Å². The average Bonchev–Trinajstić information content (AvgIpc) is 2.34. The SMILES string of the molecule is C=CC(=O)OCCCCCCCCCC[Si](C)(C)Br. The van der Waals surface area contributed by atoms with Gasteiger partial charge in [-0.15, -0.1) is 15.3 Å². The molecule has 0 unspecified atom stereocenters. The number of carbonyl (C=O) groups excluding carboxylic acids is 1. The zero-order chi connectivity index (χ0) is 14.6. The van der Waals surface area contributed by atoms with Gasteiger partial charge in [0.05, 0.1) is 6.61 Å². The highest BCUT2D eigenvalue weighted by Crippen LogP contribution is 2.21. The van der Waals surface area contributed by atoms with E-state index in [1.165, 1.54) is 50.6 Å². The third-order valence-electron chi connectivity index (χ3n) is 3.08. The van der Waals surface area contributed by atoms with E-state index in [0.717, 1.165) is 12.8 Å². The van der Waals surface area contributed by atoms with Gasteiger partial charge in [0.25, 0.3) is 0 Å². The molecule has 0 radical (unpaired) electrons. The zero-order valence-electron chi connectivity index (χ0n) is 12.5. The standard InChI is InChI=1S/C15H29BrO2Si/c1-4-15(17)18-13-11-9-7-5-6-8-10-12-14-19(2,3)16/h4H,1,5-14H2,2-3H3. The number of unbranched alkanes of at least 4 members (excludes halogenated alkanes) is 7. The molecule has 0 heterocycles. The van der Waals surface area contributed by atoms with Crippen LogP contribution in [-0.4, -0.2) is 19.3 Å². The molecule has 0 atom stereocenters. The quantitative estimate of drug-likeness (QED) is 0.154. The largest absolute Gasteiger partial charge is 0.463 e. The minimum absolute atomic E-state index is 0.307. The predicted molar refractivity (Wildman–Crippen MR) is 89.3 cm³/mol. The molecule has 0 amide bonds. The predicted octanol–water partition coefficient (Wildman–Crippen LogP) is 5.44. The Labute approximate surface area is 127 Å². The van der Waals surface area contributed by atoms with Crippen molar-refractivity contribution in [3.8, 4) is 0 Å². The number of rotatable bonds is 12. The second kappa shape index (κ2) is 11.7. The highest BCUT2D eigenvalue weighted by atomic mass is 79.9. The lowest BCUT2D eigenvalue weighted by atomic mass is 10.1. The molecule has 0 bridgehead atoms. The molecule has 0 N–H and O–H groups in total. The first-order chi connectivity index (χ1) is 8.95. The normalized spacial score (nSPS) is 11.3. The molecular formula is C15H29BrO2Si. The number of hydrogen-bond donors (Lipinski definition) is 0. The number of halogens is 1. The number of hydrogen-bond acceptors (Lipinski definition) is 2. The first-order valence-corrected chi connectivity index (χ1v) is 12.9. The van der Waals surface area contributed by atoms with Gasteiger partial charge in [-0.2, -0.15) is 0 Å². The third kappa shape index (κ3) is 15.9. The number of carbonyl (C=O) groups is 1. The molecule has 112 valence electrons. The van der Waals surface area contributed by atoms with E-state index in [-0.39, 0.29) is 5.97 Å². The van der Waals surface area contributed by atoms with Crippen LogP contribution in [0.4, 0.5) is 0 Å². The summed E-state index contributed by atoms with van der Waals surface area (Å²) in [6.45, 7) is 7.64. The first-order valence-electron chi connectivity index (χ1n) is 7.44. The molecular weight excluding hydrogens is 320 g/mol. The van der Waals surface area contributed by atoms with E-state index in [1.54, 1.807) is 0 Å². The van der Waals surface area contributed by atoms with E-state index in [1.807, 2.05) is 0 Å². The maximum absolute atomic E-state index is 10.8. The summed E-state index contributed by atoms with van der Waals surface area (Å²) in [5, 5.41) is 0. The minimum atomic E-state index is -0.996. The topological polar surface area (TPSA) is 26.3 Å².